The van der Waals surface area contributed by atoms with Crippen LogP contribution >= 0.6 is 0 Å². The van der Waals surface area contributed by atoms with Crippen molar-refractivity contribution in [2.24, 2.45) is 5.10 Å². The van der Waals surface area contributed by atoms with Gasteiger partial charge in [-0.15, -0.1) is 0 Å². The molecule has 0 bridgehead atoms. The number of rotatable bonds is 4. The van der Waals surface area contributed by atoms with Crippen LogP contribution in [0.15, 0.2) is 47.7 Å². The average Bonchev–Trinajstić information content (AvgIpc) is 3.24. The fourth-order valence-corrected chi connectivity index (χ4v) is 2.55. The lowest BCUT2D eigenvalue weighted by molar-refractivity contribution is -0.117. The van der Waals surface area contributed by atoms with E-state index in [0.29, 0.717) is 17.8 Å². The first kappa shape index (κ1) is 15.0. The van der Waals surface area contributed by atoms with Gasteiger partial charge < -0.3 is 9.88 Å². The maximum Gasteiger partial charge on any atom is 0.287 e. The normalized spacial score (nSPS) is 15.1. The predicted molar refractivity (Wildman–Crippen MR) is 88.5 cm³/mol. The van der Waals surface area contributed by atoms with Crippen molar-refractivity contribution in [3.63, 3.8) is 0 Å². The highest BCUT2D eigenvalue weighted by atomic mass is 16.2. The summed E-state index contributed by atoms with van der Waals surface area (Å²) >= 11 is 0. The summed E-state index contributed by atoms with van der Waals surface area (Å²) in [6, 6.07) is 11.1. The molecule has 2 N–H and O–H groups in total. The van der Waals surface area contributed by atoms with E-state index in [1.54, 1.807) is 23.2 Å². The summed E-state index contributed by atoms with van der Waals surface area (Å²) in [6.07, 6.45) is 3.17. The second-order valence-corrected chi connectivity index (χ2v) is 5.42. The number of amides is 2. The second kappa shape index (κ2) is 6.48. The number of aromatic nitrogens is 1. The third-order valence-corrected chi connectivity index (χ3v) is 3.82. The molecule has 2 amide bonds. The van der Waals surface area contributed by atoms with Gasteiger partial charge in [-0.3, -0.25) is 9.59 Å². The minimum atomic E-state index is -0.291. The van der Waals surface area contributed by atoms with E-state index in [1.807, 2.05) is 31.2 Å². The van der Waals surface area contributed by atoms with Gasteiger partial charge in [-0.1, -0.05) is 12.1 Å². The smallest absolute Gasteiger partial charge is 0.287 e. The van der Waals surface area contributed by atoms with Crippen molar-refractivity contribution >= 4 is 23.2 Å². The topological polar surface area (TPSA) is 77.6 Å². The number of nitrogens with one attached hydrogen (secondary N) is 2. The summed E-state index contributed by atoms with van der Waals surface area (Å²) < 4.78 is 0. The lowest BCUT2D eigenvalue weighted by atomic mass is 10.1. The number of nitrogens with zero attached hydrogens (tertiary/aromatic N) is 2. The van der Waals surface area contributed by atoms with Crippen molar-refractivity contribution in [3.8, 4) is 0 Å². The highest BCUT2D eigenvalue weighted by molar-refractivity contribution is 6.02. The number of hydrogen-bond donors (Lipinski definition) is 2. The van der Waals surface area contributed by atoms with Crippen LogP contribution in [0.3, 0.4) is 0 Å². The fraction of sp³-hybridized carbons (Fsp3) is 0.235. The van der Waals surface area contributed by atoms with Crippen molar-refractivity contribution in [2.45, 2.75) is 19.8 Å². The third-order valence-electron chi connectivity index (χ3n) is 3.82. The van der Waals surface area contributed by atoms with E-state index in [-0.39, 0.29) is 11.8 Å². The first-order valence-corrected chi connectivity index (χ1v) is 7.54. The van der Waals surface area contributed by atoms with Crippen LogP contribution in [-0.2, 0) is 4.79 Å². The number of benzene rings is 1. The van der Waals surface area contributed by atoms with Crippen LogP contribution in [0, 0.1) is 0 Å². The van der Waals surface area contributed by atoms with E-state index >= 15 is 0 Å². The zero-order chi connectivity index (χ0) is 16.2. The largest absolute Gasteiger partial charge is 0.357 e. The highest BCUT2D eigenvalue weighted by Gasteiger charge is 2.21. The molecule has 0 unspecified atom stereocenters. The van der Waals surface area contributed by atoms with Crippen molar-refractivity contribution in [3.05, 3.63) is 53.9 Å². The molecule has 1 aliphatic rings. The Kier molecular flexibility index (Phi) is 4.23. The fourth-order valence-electron chi connectivity index (χ4n) is 2.55. The van der Waals surface area contributed by atoms with Crippen molar-refractivity contribution in [1.82, 2.24) is 10.4 Å². The Bertz CT molecular complexity index is 750. The maximum absolute atomic E-state index is 11.9. The molecule has 0 spiro atoms. The standard InChI is InChI=1S/C17H18N4O2/c1-12(19-20-17(23)15-7-3-9-18-15)13-5-2-6-14(11-13)21-10-4-8-16(21)22/h2-3,5-7,9,11,18H,4,8,10H2,1H3,(H,20,23)/b19-12-. The van der Waals surface area contributed by atoms with Crippen LogP contribution in [0.5, 0.6) is 0 Å². The molecule has 23 heavy (non-hydrogen) atoms. The van der Waals surface area contributed by atoms with Crippen LogP contribution in [0.2, 0.25) is 0 Å². The van der Waals surface area contributed by atoms with Crippen LogP contribution in [0.25, 0.3) is 0 Å². The Hall–Kier alpha value is -2.89. The van der Waals surface area contributed by atoms with Gasteiger partial charge in [-0.25, -0.2) is 5.43 Å². The predicted octanol–water partition coefficient (Wildman–Crippen LogP) is 2.30. The van der Waals surface area contributed by atoms with Gasteiger partial charge in [0.2, 0.25) is 5.91 Å². The molecular formula is C17H18N4O2. The molecule has 0 saturated carbocycles. The Morgan fingerprint density at radius 2 is 2.17 bits per heavy atom. The first-order chi connectivity index (χ1) is 11.1. The van der Waals surface area contributed by atoms with E-state index < -0.39 is 0 Å². The quantitative estimate of drug-likeness (QED) is 0.671. The molecule has 1 aromatic heterocycles. The molecule has 1 aromatic carbocycles. The van der Waals surface area contributed by atoms with Gasteiger partial charge in [0.1, 0.15) is 5.69 Å². The molecule has 0 radical (unpaired) electrons. The van der Waals surface area contributed by atoms with Crippen molar-refractivity contribution in [1.29, 1.82) is 0 Å². The SMILES string of the molecule is C/C(=N/NC(=O)c1ccc[nH]1)c1cccc(N2CCCC2=O)c1. The van der Waals surface area contributed by atoms with Gasteiger partial charge in [0, 0.05) is 24.8 Å². The second-order valence-electron chi connectivity index (χ2n) is 5.42. The van der Waals surface area contributed by atoms with Crippen LogP contribution < -0.4 is 10.3 Å². The van der Waals surface area contributed by atoms with Gasteiger partial charge in [0.25, 0.3) is 5.91 Å². The molecular weight excluding hydrogens is 292 g/mol. The lowest BCUT2D eigenvalue weighted by Crippen LogP contribution is -2.24. The summed E-state index contributed by atoms with van der Waals surface area (Å²) in [5.41, 5.74) is 5.39. The van der Waals surface area contributed by atoms with E-state index in [9.17, 15) is 9.59 Å². The Morgan fingerprint density at radius 3 is 2.87 bits per heavy atom. The molecule has 3 rings (SSSR count). The first-order valence-electron chi connectivity index (χ1n) is 7.54. The zero-order valence-corrected chi connectivity index (χ0v) is 12.9. The molecule has 1 aliphatic heterocycles. The van der Waals surface area contributed by atoms with Crippen molar-refractivity contribution < 1.29 is 9.59 Å². The number of carbonyl (C=O) groups excluding carboxylic acids is 2. The number of hydrogen-bond acceptors (Lipinski definition) is 3. The van der Waals surface area contributed by atoms with Gasteiger partial charge in [0.05, 0.1) is 5.71 Å². The van der Waals surface area contributed by atoms with Gasteiger partial charge in [-0.05, 0) is 43.2 Å². The molecule has 0 aliphatic carbocycles. The summed E-state index contributed by atoms with van der Waals surface area (Å²) in [4.78, 5) is 28.3. The third kappa shape index (κ3) is 3.31. The Labute approximate surface area is 134 Å². The summed E-state index contributed by atoms with van der Waals surface area (Å²) in [5.74, 6) is -0.142. The summed E-state index contributed by atoms with van der Waals surface area (Å²) in [7, 11) is 0. The molecule has 1 fully saturated rings. The van der Waals surface area contributed by atoms with Crippen LogP contribution in [0.4, 0.5) is 5.69 Å². The highest BCUT2D eigenvalue weighted by Crippen LogP contribution is 2.22. The Morgan fingerprint density at radius 1 is 1.30 bits per heavy atom. The van der Waals surface area contributed by atoms with Crippen molar-refractivity contribution in [2.75, 3.05) is 11.4 Å². The monoisotopic (exact) mass is 310 g/mol. The number of H-pyrrole nitrogens is 1. The van der Waals surface area contributed by atoms with Gasteiger partial charge in [0.15, 0.2) is 0 Å². The van der Waals surface area contributed by atoms with Gasteiger partial charge in [-0.2, -0.15) is 5.10 Å². The molecule has 6 heteroatoms. The molecule has 6 nitrogen and oxygen atoms in total. The molecule has 118 valence electrons. The van der Waals surface area contributed by atoms with Crippen LogP contribution in [-0.4, -0.2) is 29.1 Å². The number of aromatic amines is 1. The van der Waals surface area contributed by atoms with E-state index in [4.69, 9.17) is 0 Å². The lowest BCUT2D eigenvalue weighted by Gasteiger charge is -2.16. The number of hydrazone groups is 1. The Balaban J connectivity index is 1.74. The van der Waals surface area contributed by atoms with E-state index in [0.717, 1.165) is 24.2 Å². The van der Waals surface area contributed by atoms with E-state index in [2.05, 4.69) is 15.5 Å². The molecule has 0 atom stereocenters. The molecule has 1 saturated heterocycles. The minimum absolute atomic E-state index is 0.150. The maximum atomic E-state index is 11.9. The zero-order valence-electron chi connectivity index (χ0n) is 12.9. The molecule has 2 heterocycles. The molecule has 2 aromatic rings. The van der Waals surface area contributed by atoms with Crippen LogP contribution in [0.1, 0.15) is 35.8 Å². The summed E-state index contributed by atoms with van der Waals surface area (Å²) in [5, 5.41) is 4.13. The van der Waals surface area contributed by atoms with Gasteiger partial charge >= 0.3 is 0 Å². The average molecular weight is 310 g/mol. The summed E-state index contributed by atoms with van der Waals surface area (Å²) in [6.45, 7) is 2.57. The van der Waals surface area contributed by atoms with E-state index in [1.165, 1.54) is 0 Å². The minimum Gasteiger partial charge on any atom is -0.357 e. The number of carbonyl (C=O) groups is 2. The number of anilines is 1.